The van der Waals surface area contributed by atoms with E-state index in [-0.39, 0.29) is 29.1 Å². The van der Waals surface area contributed by atoms with E-state index in [1.54, 1.807) is 5.51 Å². The highest BCUT2D eigenvalue weighted by atomic mass is 35.5. The largest absolute Gasteiger partial charge is 0.482 e. The molecule has 0 atom stereocenters. The third-order valence-electron chi connectivity index (χ3n) is 3.18. The van der Waals surface area contributed by atoms with Gasteiger partial charge in [-0.05, 0) is 18.2 Å². The molecule has 0 bridgehead atoms. The zero-order chi connectivity index (χ0) is 17.6. The second kappa shape index (κ2) is 8.09. The quantitative estimate of drug-likeness (QED) is 0.678. The highest BCUT2D eigenvalue weighted by molar-refractivity contribution is 7.07. The summed E-state index contributed by atoms with van der Waals surface area (Å²) in [7, 11) is 0. The minimum absolute atomic E-state index is 0.0303. The first-order chi connectivity index (χ1) is 12.1. The van der Waals surface area contributed by atoms with Gasteiger partial charge in [-0.2, -0.15) is 0 Å². The maximum atomic E-state index is 13.0. The average molecular weight is 382 g/mol. The molecule has 0 aliphatic rings. The Labute approximate surface area is 151 Å². The summed E-state index contributed by atoms with van der Waals surface area (Å²) < 4.78 is 23.6. The first-order valence-corrected chi connectivity index (χ1v) is 8.61. The number of halogens is 2. The molecule has 0 unspecified atom stereocenters. The number of thiazole rings is 1. The molecule has 3 rings (SSSR count). The summed E-state index contributed by atoms with van der Waals surface area (Å²) in [6.45, 7) is 0.421. The van der Waals surface area contributed by atoms with E-state index in [1.165, 1.54) is 29.7 Å². The molecule has 6 nitrogen and oxygen atoms in total. The molecule has 1 amide bonds. The zero-order valence-corrected chi connectivity index (χ0v) is 14.4. The van der Waals surface area contributed by atoms with Crippen molar-refractivity contribution in [1.29, 1.82) is 0 Å². The van der Waals surface area contributed by atoms with Gasteiger partial charge in [0.2, 0.25) is 5.89 Å². The van der Waals surface area contributed by atoms with Crippen LogP contribution in [0.25, 0.3) is 0 Å². The number of nitrogens with zero attached hydrogens (tertiary/aromatic N) is 2. The van der Waals surface area contributed by atoms with Gasteiger partial charge in [0.25, 0.3) is 5.91 Å². The molecule has 1 aromatic carbocycles. The van der Waals surface area contributed by atoms with Crippen molar-refractivity contribution >= 4 is 28.8 Å². The first-order valence-electron chi connectivity index (χ1n) is 7.29. The van der Waals surface area contributed by atoms with Gasteiger partial charge in [-0.1, -0.05) is 11.6 Å². The van der Waals surface area contributed by atoms with E-state index in [0.29, 0.717) is 18.7 Å². The maximum absolute atomic E-state index is 13.0. The minimum atomic E-state index is -0.454. The molecule has 1 N–H and O–H groups in total. The summed E-state index contributed by atoms with van der Waals surface area (Å²) >= 11 is 7.37. The van der Waals surface area contributed by atoms with Crippen LogP contribution in [0.15, 0.2) is 39.8 Å². The molecular formula is C16H13ClFN3O3S. The molecule has 0 radical (unpaired) electrons. The number of hydrogen-bond donors (Lipinski definition) is 1. The fourth-order valence-corrected chi connectivity index (χ4v) is 2.78. The van der Waals surface area contributed by atoms with Gasteiger partial charge in [0, 0.05) is 18.3 Å². The lowest BCUT2D eigenvalue weighted by Gasteiger charge is -2.05. The fraction of sp³-hybridized carbons (Fsp3) is 0.188. The van der Waals surface area contributed by atoms with Crippen LogP contribution in [-0.4, -0.2) is 22.4 Å². The third-order valence-corrected chi connectivity index (χ3v) is 4.11. The van der Waals surface area contributed by atoms with Crippen molar-refractivity contribution in [3.05, 3.63) is 63.5 Å². The van der Waals surface area contributed by atoms with Gasteiger partial charge in [0.15, 0.2) is 12.3 Å². The van der Waals surface area contributed by atoms with Crippen molar-refractivity contribution in [2.24, 2.45) is 0 Å². The van der Waals surface area contributed by atoms with Crippen molar-refractivity contribution in [3.63, 3.8) is 0 Å². The van der Waals surface area contributed by atoms with Crippen LogP contribution < -0.4 is 10.1 Å². The molecule has 0 aliphatic heterocycles. The van der Waals surface area contributed by atoms with Gasteiger partial charge < -0.3 is 14.5 Å². The number of carbonyl (C=O) groups is 1. The predicted molar refractivity (Wildman–Crippen MR) is 90.4 cm³/mol. The number of benzene rings is 1. The Kier molecular flexibility index (Phi) is 5.62. The van der Waals surface area contributed by atoms with Crippen molar-refractivity contribution in [3.8, 4) is 5.75 Å². The molecule has 25 heavy (non-hydrogen) atoms. The van der Waals surface area contributed by atoms with Gasteiger partial charge in [-0.15, -0.1) is 11.3 Å². The summed E-state index contributed by atoms with van der Waals surface area (Å²) in [6.07, 6.45) is 1.90. The lowest BCUT2D eigenvalue weighted by molar-refractivity contribution is 0.0949. The highest BCUT2D eigenvalue weighted by Crippen LogP contribution is 2.25. The standard InChI is InChI=1S/C16H13ClFN3O3S/c17-12-5-10(18)1-2-14(12)23-7-15-21-13(6-24-15)16(22)19-4-3-11-8-25-9-20-11/h1-2,5-6,8-9H,3-4,7H2,(H,19,22). The fourth-order valence-electron chi connectivity index (χ4n) is 1.97. The summed E-state index contributed by atoms with van der Waals surface area (Å²) in [5, 5.41) is 4.81. The third kappa shape index (κ3) is 4.77. The molecule has 3 aromatic rings. The lowest BCUT2D eigenvalue weighted by atomic mass is 10.3. The molecular weight excluding hydrogens is 369 g/mol. The summed E-state index contributed by atoms with van der Waals surface area (Å²) in [5.74, 6) is -0.282. The second-order valence-corrected chi connectivity index (χ2v) is 6.10. The lowest BCUT2D eigenvalue weighted by Crippen LogP contribution is -2.26. The van der Waals surface area contributed by atoms with Crippen LogP contribution in [0.1, 0.15) is 22.1 Å². The molecule has 2 aromatic heterocycles. The van der Waals surface area contributed by atoms with Gasteiger partial charge in [-0.3, -0.25) is 4.79 Å². The Morgan fingerprint density at radius 1 is 1.44 bits per heavy atom. The van der Waals surface area contributed by atoms with Crippen LogP contribution in [0.2, 0.25) is 5.02 Å². The number of nitrogens with one attached hydrogen (secondary N) is 1. The Morgan fingerprint density at radius 3 is 3.08 bits per heavy atom. The SMILES string of the molecule is O=C(NCCc1cscn1)c1coc(COc2ccc(F)cc2Cl)n1. The van der Waals surface area contributed by atoms with E-state index in [9.17, 15) is 9.18 Å². The summed E-state index contributed by atoms with van der Waals surface area (Å²) in [4.78, 5) is 20.2. The number of oxazole rings is 1. The second-order valence-electron chi connectivity index (χ2n) is 4.98. The number of rotatable bonds is 7. The van der Waals surface area contributed by atoms with Crippen LogP contribution in [0, 0.1) is 5.82 Å². The van der Waals surface area contributed by atoms with Crippen LogP contribution in [0.5, 0.6) is 5.75 Å². The Morgan fingerprint density at radius 2 is 2.32 bits per heavy atom. The topological polar surface area (TPSA) is 77.2 Å². The van der Waals surface area contributed by atoms with Gasteiger partial charge >= 0.3 is 0 Å². The van der Waals surface area contributed by atoms with Crippen LogP contribution in [0.3, 0.4) is 0 Å². The van der Waals surface area contributed by atoms with Crippen molar-refractivity contribution in [2.45, 2.75) is 13.0 Å². The molecule has 0 saturated heterocycles. The smallest absolute Gasteiger partial charge is 0.273 e. The number of carbonyl (C=O) groups excluding carboxylic acids is 1. The monoisotopic (exact) mass is 381 g/mol. The summed E-state index contributed by atoms with van der Waals surface area (Å²) in [5.41, 5.74) is 2.83. The minimum Gasteiger partial charge on any atom is -0.482 e. The molecule has 0 fully saturated rings. The van der Waals surface area contributed by atoms with Gasteiger partial charge in [0.05, 0.1) is 16.2 Å². The number of aromatic nitrogens is 2. The Balaban J connectivity index is 1.50. The molecule has 0 spiro atoms. The Bertz CT molecular complexity index is 854. The zero-order valence-electron chi connectivity index (χ0n) is 12.9. The van der Waals surface area contributed by atoms with E-state index in [0.717, 1.165) is 11.8 Å². The molecule has 0 saturated carbocycles. The van der Waals surface area contributed by atoms with E-state index in [1.807, 2.05) is 5.38 Å². The maximum Gasteiger partial charge on any atom is 0.273 e. The summed E-state index contributed by atoms with van der Waals surface area (Å²) in [6, 6.07) is 3.79. The first kappa shape index (κ1) is 17.4. The van der Waals surface area contributed by atoms with Crippen LogP contribution in [0.4, 0.5) is 4.39 Å². The van der Waals surface area contributed by atoms with E-state index >= 15 is 0 Å². The number of ether oxygens (including phenoxy) is 1. The van der Waals surface area contributed by atoms with Crippen molar-refractivity contribution in [1.82, 2.24) is 15.3 Å². The molecule has 2 heterocycles. The van der Waals surface area contributed by atoms with E-state index < -0.39 is 5.82 Å². The predicted octanol–water partition coefficient (Wildman–Crippen LogP) is 3.48. The number of amides is 1. The van der Waals surface area contributed by atoms with Crippen molar-refractivity contribution < 1.29 is 18.3 Å². The number of hydrogen-bond acceptors (Lipinski definition) is 6. The van der Waals surface area contributed by atoms with Gasteiger partial charge in [-0.25, -0.2) is 14.4 Å². The molecule has 9 heteroatoms. The van der Waals surface area contributed by atoms with Gasteiger partial charge in [0.1, 0.15) is 17.8 Å². The van der Waals surface area contributed by atoms with Crippen LogP contribution in [-0.2, 0) is 13.0 Å². The molecule has 130 valence electrons. The van der Waals surface area contributed by atoms with E-state index in [2.05, 4.69) is 15.3 Å². The van der Waals surface area contributed by atoms with E-state index in [4.69, 9.17) is 20.8 Å². The van der Waals surface area contributed by atoms with Crippen LogP contribution >= 0.6 is 22.9 Å². The average Bonchev–Trinajstić information content (AvgIpc) is 3.25. The Hall–Kier alpha value is -2.45. The van der Waals surface area contributed by atoms with Crippen molar-refractivity contribution in [2.75, 3.05) is 6.54 Å². The molecule has 0 aliphatic carbocycles. The normalized spacial score (nSPS) is 10.6. The highest BCUT2D eigenvalue weighted by Gasteiger charge is 2.13.